The van der Waals surface area contributed by atoms with Crippen molar-refractivity contribution in [2.75, 3.05) is 0 Å². The first-order chi connectivity index (χ1) is 5.95. The fraction of sp³-hybridized carbons (Fsp3) is 0.125. The number of hydrogen-bond acceptors (Lipinski definition) is 2. The third-order valence-corrected chi connectivity index (χ3v) is 1.32. The van der Waals surface area contributed by atoms with Crippen LogP contribution in [0.2, 0.25) is 0 Å². The Morgan fingerprint density at radius 1 is 1.64 bits per heavy atom. The van der Waals surface area contributed by atoms with Gasteiger partial charge in [-0.15, -0.1) is 0 Å². The molecule has 1 rings (SSSR count). The van der Waals surface area contributed by atoms with E-state index in [1.54, 1.807) is 0 Å². The van der Waals surface area contributed by atoms with E-state index in [1.807, 2.05) is 0 Å². The van der Waals surface area contributed by atoms with Crippen LogP contribution in [0.5, 0.6) is 5.75 Å². The highest BCUT2D eigenvalue weighted by Crippen LogP contribution is 2.19. The van der Waals surface area contributed by atoms with E-state index in [0.717, 1.165) is 6.07 Å². The van der Waals surface area contributed by atoms with Gasteiger partial charge in [0, 0.05) is 0 Å². The normalized spacial score (nSPS) is 12.1. The SMILES string of the molecule is [2H]c1cc([2H])c(O)c(C(=O)O)c1C. The summed E-state index contributed by atoms with van der Waals surface area (Å²) in [5.74, 6) is -1.90. The Hall–Kier alpha value is -1.51. The monoisotopic (exact) mass is 154 g/mol. The average Bonchev–Trinajstić information content (AvgIpc) is 2.01. The predicted molar refractivity (Wildman–Crippen MR) is 39.8 cm³/mol. The van der Waals surface area contributed by atoms with E-state index in [-0.39, 0.29) is 23.2 Å². The van der Waals surface area contributed by atoms with Gasteiger partial charge in [-0.1, -0.05) is 12.1 Å². The van der Waals surface area contributed by atoms with Gasteiger partial charge in [0.1, 0.15) is 11.3 Å². The number of phenols is 1. The maximum atomic E-state index is 10.6. The summed E-state index contributed by atoms with van der Waals surface area (Å²) in [6.45, 7) is 1.42. The molecule has 0 radical (unpaired) electrons. The first kappa shape index (κ1) is 5.18. The summed E-state index contributed by atoms with van der Waals surface area (Å²) in [4.78, 5) is 10.6. The third-order valence-electron chi connectivity index (χ3n) is 1.32. The quantitative estimate of drug-likeness (QED) is 0.642. The highest BCUT2D eigenvalue weighted by molar-refractivity contribution is 5.92. The molecule has 0 unspecified atom stereocenters. The molecule has 2 N–H and O–H groups in total. The van der Waals surface area contributed by atoms with Crippen LogP contribution in [0.25, 0.3) is 0 Å². The van der Waals surface area contributed by atoms with E-state index in [2.05, 4.69) is 0 Å². The summed E-state index contributed by atoms with van der Waals surface area (Å²) in [6.07, 6.45) is 0. The van der Waals surface area contributed by atoms with Crippen LogP contribution < -0.4 is 0 Å². The standard InChI is InChI=1S/C8H8O3/c1-5-3-2-4-6(9)7(5)8(10)11/h2-4,9H,1H3,(H,10,11)/i3D,4D. The number of aromatic hydroxyl groups is 1. The Kier molecular flexibility index (Phi) is 1.23. The van der Waals surface area contributed by atoms with E-state index in [4.69, 9.17) is 7.85 Å². The van der Waals surface area contributed by atoms with Crippen molar-refractivity contribution in [3.63, 3.8) is 0 Å². The largest absolute Gasteiger partial charge is 0.507 e. The van der Waals surface area contributed by atoms with Gasteiger partial charge in [-0.25, -0.2) is 4.79 Å². The second kappa shape index (κ2) is 2.62. The van der Waals surface area contributed by atoms with Gasteiger partial charge in [0.05, 0.1) is 2.74 Å². The highest BCUT2D eigenvalue weighted by Gasteiger charge is 2.10. The molecule has 0 atom stereocenters. The Labute approximate surface area is 66.7 Å². The van der Waals surface area contributed by atoms with Gasteiger partial charge in [0.2, 0.25) is 0 Å². The van der Waals surface area contributed by atoms with Crippen LogP contribution in [0.4, 0.5) is 0 Å². The first-order valence-corrected chi connectivity index (χ1v) is 2.98. The fourth-order valence-electron chi connectivity index (χ4n) is 0.796. The van der Waals surface area contributed by atoms with Crippen molar-refractivity contribution in [2.24, 2.45) is 0 Å². The highest BCUT2D eigenvalue weighted by atomic mass is 16.4. The predicted octanol–water partition coefficient (Wildman–Crippen LogP) is 1.40. The van der Waals surface area contributed by atoms with Crippen LogP contribution >= 0.6 is 0 Å². The molecule has 1 aromatic carbocycles. The minimum atomic E-state index is -1.32. The van der Waals surface area contributed by atoms with E-state index in [1.165, 1.54) is 6.92 Å². The molecule has 0 heterocycles. The Bertz CT molecular complexity index is 348. The number of carbonyl (C=O) groups is 1. The summed E-state index contributed by atoms with van der Waals surface area (Å²) in [5, 5.41) is 17.9. The van der Waals surface area contributed by atoms with Gasteiger partial charge in [-0.3, -0.25) is 0 Å². The van der Waals surface area contributed by atoms with Gasteiger partial charge in [0.15, 0.2) is 0 Å². The number of benzene rings is 1. The van der Waals surface area contributed by atoms with Crippen molar-refractivity contribution in [1.29, 1.82) is 0 Å². The molecule has 0 spiro atoms. The maximum Gasteiger partial charge on any atom is 0.339 e. The lowest BCUT2D eigenvalue weighted by Gasteiger charge is -2.01. The molecule has 0 saturated carbocycles. The molecule has 3 nitrogen and oxygen atoms in total. The van der Waals surface area contributed by atoms with Gasteiger partial charge < -0.3 is 10.2 Å². The lowest BCUT2D eigenvalue weighted by molar-refractivity contribution is 0.0693. The molecule has 0 bridgehead atoms. The third kappa shape index (κ3) is 1.32. The number of carboxylic acids is 1. The topological polar surface area (TPSA) is 57.5 Å². The van der Waals surface area contributed by atoms with E-state index < -0.39 is 11.7 Å². The molecule has 0 aliphatic rings. The summed E-state index contributed by atoms with van der Waals surface area (Å²) in [5.41, 5.74) is -0.196. The number of rotatable bonds is 1. The summed E-state index contributed by atoms with van der Waals surface area (Å²) >= 11 is 0. The lowest BCUT2D eigenvalue weighted by Crippen LogP contribution is -1.99. The molecule has 3 heteroatoms. The van der Waals surface area contributed by atoms with Gasteiger partial charge in [0.25, 0.3) is 0 Å². The molecule has 0 amide bonds. The van der Waals surface area contributed by atoms with Gasteiger partial charge in [-0.05, 0) is 18.5 Å². The molecular formula is C8H8O3. The molecular weight excluding hydrogens is 144 g/mol. The summed E-state index contributed by atoms with van der Waals surface area (Å²) < 4.78 is 14.5. The number of carboxylic acid groups (broad SMARTS) is 1. The molecule has 0 aromatic heterocycles. The van der Waals surface area contributed by atoms with Gasteiger partial charge >= 0.3 is 5.97 Å². The van der Waals surface area contributed by atoms with Crippen molar-refractivity contribution in [3.8, 4) is 5.75 Å². The Balaban J connectivity index is 3.56. The first-order valence-electron chi connectivity index (χ1n) is 3.98. The molecule has 11 heavy (non-hydrogen) atoms. The molecule has 0 aliphatic heterocycles. The van der Waals surface area contributed by atoms with Crippen molar-refractivity contribution in [3.05, 3.63) is 29.3 Å². The van der Waals surface area contributed by atoms with Crippen molar-refractivity contribution >= 4 is 5.97 Å². The zero-order valence-electron chi connectivity index (χ0n) is 7.88. The molecule has 0 fully saturated rings. The Morgan fingerprint density at radius 3 is 2.82 bits per heavy atom. The van der Waals surface area contributed by atoms with Crippen LogP contribution in [-0.4, -0.2) is 16.2 Å². The summed E-state index contributed by atoms with van der Waals surface area (Å²) in [7, 11) is 0. The second-order valence-corrected chi connectivity index (χ2v) is 2.09. The fourth-order valence-corrected chi connectivity index (χ4v) is 0.796. The second-order valence-electron chi connectivity index (χ2n) is 2.09. The zero-order valence-corrected chi connectivity index (χ0v) is 5.88. The van der Waals surface area contributed by atoms with E-state index in [9.17, 15) is 9.90 Å². The van der Waals surface area contributed by atoms with Crippen LogP contribution in [-0.2, 0) is 0 Å². The Morgan fingerprint density at radius 2 is 2.27 bits per heavy atom. The number of hydrogen-bond donors (Lipinski definition) is 2. The molecule has 58 valence electrons. The van der Waals surface area contributed by atoms with Crippen LogP contribution in [0.15, 0.2) is 18.2 Å². The van der Waals surface area contributed by atoms with Gasteiger partial charge in [-0.2, -0.15) is 0 Å². The minimum absolute atomic E-state index is 0.0554. The van der Waals surface area contributed by atoms with E-state index in [0.29, 0.717) is 0 Å². The molecule has 1 aromatic rings. The molecule has 0 saturated heterocycles. The summed E-state index contributed by atoms with van der Waals surface area (Å²) in [6, 6.07) is 0.713. The van der Waals surface area contributed by atoms with Crippen molar-refractivity contribution < 1.29 is 17.7 Å². The average molecular weight is 154 g/mol. The zero-order chi connectivity index (χ0) is 10.2. The maximum absolute atomic E-state index is 10.6. The van der Waals surface area contributed by atoms with E-state index >= 15 is 0 Å². The minimum Gasteiger partial charge on any atom is -0.507 e. The van der Waals surface area contributed by atoms with Crippen molar-refractivity contribution in [1.82, 2.24) is 0 Å². The molecule has 0 aliphatic carbocycles. The smallest absolute Gasteiger partial charge is 0.339 e. The lowest BCUT2D eigenvalue weighted by atomic mass is 10.1. The van der Waals surface area contributed by atoms with Crippen LogP contribution in [0, 0.1) is 6.92 Å². The number of aromatic carboxylic acids is 1. The van der Waals surface area contributed by atoms with Crippen LogP contribution in [0.3, 0.4) is 0 Å². The van der Waals surface area contributed by atoms with Crippen molar-refractivity contribution in [2.45, 2.75) is 6.92 Å². The van der Waals surface area contributed by atoms with Crippen LogP contribution in [0.1, 0.15) is 18.7 Å².